The Hall–Kier alpha value is -2.96. The molecule has 0 unspecified atom stereocenters. The monoisotopic (exact) mass is 410 g/mol. The van der Waals surface area contributed by atoms with Crippen molar-refractivity contribution >= 4 is 16.9 Å². The molecule has 1 fully saturated rings. The first-order chi connectivity index (χ1) is 14.4. The first kappa shape index (κ1) is 20.3. The van der Waals surface area contributed by atoms with Gasteiger partial charge in [-0.15, -0.1) is 0 Å². The van der Waals surface area contributed by atoms with Crippen molar-refractivity contribution in [2.75, 3.05) is 19.7 Å². The van der Waals surface area contributed by atoms with Crippen LogP contribution in [0.4, 0.5) is 4.39 Å². The molecule has 6 nitrogen and oxygen atoms in total. The molecule has 1 amide bonds. The number of piperidine rings is 1. The van der Waals surface area contributed by atoms with Gasteiger partial charge in [0, 0.05) is 30.7 Å². The number of nitrogens with zero attached hydrogens (tertiary/aromatic N) is 4. The van der Waals surface area contributed by atoms with Crippen LogP contribution in [0.25, 0.3) is 11.0 Å². The van der Waals surface area contributed by atoms with Gasteiger partial charge in [-0.25, -0.2) is 14.1 Å². The van der Waals surface area contributed by atoms with Gasteiger partial charge in [-0.1, -0.05) is 12.1 Å². The van der Waals surface area contributed by atoms with Gasteiger partial charge in [-0.05, 0) is 51.8 Å². The lowest BCUT2D eigenvalue weighted by Gasteiger charge is -2.33. The highest BCUT2D eigenvalue weighted by Crippen LogP contribution is 2.26. The number of hydrogen-bond acceptors (Lipinski definition) is 4. The number of amides is 1. The fraction of sp³-hybridized carbons (Fsp3) is 0.435. The van der Waals surface area contributed by atoms with E-state index in [1.165, 1.54) is 6.07 Å². The van der Waals surface area contributed by atoms with E-state index in [1.54, 1.807) is 24.4 Å². The maximum atomic E-state index is 13.8. The van der Waals surface area contributed by atoms with Crippen molar-refractivity contribution in [2.45, 2.75) is 39.7 Å². The van der Waals surface area contributed by atoms with Crippen LogP contribution in [-0.2, 0) is 0 Å². The second kappa shape index (κ2) is 8.42. The van der Waals surface area contributed by atoms with Crippen LogP contribution in [0.1, 0.15) is 48.8 Å². The van der Waals surface area contributed by atoms with Crippen LogP contribution >= 0.6 is 0 Å². The van der Waals surface area contributed by atoms with E-state index in [0.717, 1.165) is 29.6 Å². The Morgan fingerprint density at radius 1 is 1.33 bits per heavy atom. The summed E-state index contributed by atoms with van der Waals surface area (Å²) in [5.74, 6) is 0.0510. The smallest absolute Gasteiger partial charge is 0.254 e. The molecule has 7 heteroatoms. The van der Waals surface area contributed by atoms with Crippen molar-refractivity contribution in [1.82, 2.24) is 19.7 Å². The highest BCUT2D eigenvalue weighted by atomic mass is 19.1. The molecule has 0 aliphatic carbocycles. The summed E-state index contributed by atoms with van der Waals surface area (Å²) < 4.78 is 21.4. The predicted molar refractivity (Wildman–Crippen MR) is 113 cm³/mol. The maximum Gasteiger partial charge on any atom is 0.254 e. The number of ether oxygens (including phenoxy) is 1. The molecular formula is C23H27FN4O2. The van der Waals surface area contributed by atoms with E-state index in [0.29, 0.717) is 25.3 Å². The molecule has 1 aliphatic heterocycles. The second-order valence-electron chi connectivity index (χ2n) is 8.23. The van der Waals surface area contributed by atoms with Crippen molar-refractivity contribution in [2.24, 2.45) is 5.92 Å². The van der Waals surface area contributed by atoms with Gasteiger partial charge in [0.05, 0.1) is 23.8 Å². The number of aromatic nitrogens is 3. The van der Waals surface area contributed by atoms with E-state index in [9.17, 15) is 9.18 Å². The third-order valence-electron chi connectivity index (χ3n) is 5.53. The van der Waals surface area contributed by atoms with Gasteiger partial charge in [-0.3, -0.25) is 4.79 Å². The fourth-order valence-electron chi connectivity index (χ4n) is 4.02. The van der Waals surface area contributed by atoms with Gasteiger partial charge in [0.2, 0.25) is 0 Å². The molecular weight excluding hydrogens is 383 g/mol. The molecule has 3 aromatic rings. The minimum Gasteiger partial charge on any atom is -0.490 e. The van der Waals surface area contributed by atoms with Gasteiger partial charge < -0.3 is 9.64 Å². The van der Waals surface area contributed by atoms with E-state index in [1.807, 2.05) is 36.4 Å². The van der Waals surface area contributed by atoms with Crippen LogP contribution in [-0.4, -0.2) is 45.3 Å². The molecule has 1 aromatic carbocycles. The van der Waals surface area contributed by atoms with E-state index in [2.05, 4.69) is 10.1 Å². The van der Waals surface area contributed by atoms with Crippen molar-refractivity contribution in [1.29, 1.82) is 0 Å². The number of para-hydroxylation sites is 1. The summed E-state index contributed by atoms with van der Waals surface area (Å²) in [7, 11) is 0. The number of benzene rings is 1. The Labute approximate surface area is 175 Å². The molecule has 1 aliphatic rings. The number of carbonyl (C=O) groups is 1. The van der Waals surface area contributed by atoms with Crippen LogP contribution in [0.15, 0.2) is 36.5 Å². The molecule has 1 saturated heterocycles. The predicted octanol–water partition coefficient (Wildman–Crippen LogP) is 4.39. The zero-order valence-electron chi connectivity index (χ0n) is 17.6. The average molecular weight is 410 g/mol. The van der Waals surface area contributed by atoms with Crippen molar-refractivity contribution in [3.63, 3.8) is 0 Å². The van der Waals surface area contributed by atoms with Crippen molar-refractivity contribution in [3.05, 3.63) is 53.6 Å². The topological polar surface area (TPSA) is 60.3 Å². The fourth-order valence-corrected chi connectivity index (χ4v) is 4.02. The maximum absolute atomic E-state index is 13.8. The number of pyridine rings is 1. The number of aryl methyl sites for hydroxylation is 1. The molecule has 0 radical (unpaired) electrons. The lowest BCUT2D eigenvalue weighted by atomic mass is 9.98. The van der Waals surface area contributed by atoms with Crippen LogP contribution in [0, 0.1) is 18.7 Å². The molecule has 0 bridgehead atoms. The van der Waals surface area contributed by atoms with E-state index >= 15 is 0 Å². The van der Waals surface area contributed by atoms with Crippen LogP contribution in [0.3, 0.4) is 0 Å². The molecule has 3 heterocycles. The summed E-state index contributed by atoms with van der Waals surface area (Å²) in [6.07, 6.45) is 3.58. The van der Waals surface area contributed by atoms with Crippen LogP contribution in [0.2, 0.25) is 0 Å². The molecule has 30 heavy (non-hydrogen) atoms. The molecule has 1 atom stereocenters. The van der Waals surface area contributed by atoms with E-state index < -0.39 is 0 Å². The van der Waals surface area contributed by atoms with Crippen LogP contribution in [0.5, 0.6) is 5.75 Å². The Bertz CT molecular complexity index is 1060. The number of fused-ring (bicyclic) bond motifs is 1. The number of carbonyl (C=O) groups excluding carboxylic acids is 1. The first-order valence-corrected chi connectivity index (χ1v) is 10.5. The summed E-state index contributed by atoms with van der Waals surface area (Å²) >= 11 is 0. The van der Waals surface area contributed by atoms with Crippen molar-refractivity contribution in [3.8, 4) is 5.75 Å². The van der Waals surface area contributed by atoms with Gasteiger partial charge >= 0.3 is 0 Å². The summed E-state index contributed by atoms with van der Waals surface area (Å²) in [6, 6.07) is 8.42. The zero-order chi connectivity index (χ0) is 21.3. The molecule has 0 N–H and O–H groups in total. The minimum absolute atomic E-state index is 0.00982. The van der Waals surface area contributed by atoms with Crippen LogP contribution < -0.4 is 4.74 Å². The molecule has 0 saturated carbocycles. The highest BCUT2D eigenvalue weighted by molar-refractivity contribution is 6.05. The van der Waals surface area contributed by atoms with Gasteiger partial charge in [0.25, 0.3) is 5.91 Å². The van der Waals surface area contributed by atoms with Gasteiger partial charge in [0.15, 0.2) is 17.2 Å². The Balaban J connectivity index is 1.51. The third-order valence-corrected chi connectivity index (χ3v) is 5.53. The second-order valence-corrected chi connectivity index (χ2v) is 8.23. The van der Waals surface area contributed by atoms with E-state index in [-0.39, 0.29) is 29.4 Å². The Morgan fingerprint density at radius 2 is 2.13 bits per heavy atom. The number of hydrogen-bond donors (Lipinski definition) is 0. The normalized spacial score (nSPS) is 17.0. The zero-order valence-corrected chi connectivity index (χ0v) is 17.6. The summed E-state index contributed by atoms with van der Waals surface area (Å²) in [5, 5.41) is 5.22. The molecule has 158 valence electrons. The number of rotatable bonds is 5. The standard InChI is InChI=1S/C23H27FN4O2/c1-15(2)28-22-19(12-25-28)18(11-16(3)26-22)23(29)27-10-6-7-17(13-27)14-30-21-9-5-4-8-20(21)24/h4-5,8-9,11-12,15,17H,6-7,10,13-14H2,1-3H3/t17-/m1/s1. The average Bonchev–Trinajstić information content (AvgIpc) is 3.16. The van der Waals surface area contributed by atoms with E-state index in [4.69, 9.17) is 4.74 Å². The third kappa shape index (κ3) is 4.01. The Kier molecular flexibility index (Phi) is 5.70. The van der Waals surface area contributed by atoms with Crippen molar-refractivity contribution < 1.29 is 13.9 Å². The molecule has 4 rings (SSSR count). The lowest BCUT2D eigenvalue weighted by molar-refractivity contribution is 0.0633. The first-order valence-electron chi connectivity index (χ1n) is 10.5. The Morgan fingerprint density at radius 3 is 2.90 bits per heavy atom. The van der Waals surface area contributed by atoms with Gasteiger partial charge in [-0.2, -0.15) is 5.10 Å². The summed E-state index contributed by atoms with van der Waals surface area (Å²) in [5.41, 5.74) is 2.18. The summed E-state index contributed by atoms with van der Waals surface area (Å²) in [4.78, 5) is 19.9. The highest BCUT2D eigenvalue weighted by Gasteiger charge is 2.27. The molecule has 0 spiro atoms. The SMILES string of the molecule is Cc1cc(C(=O)N2CCC[C@@H](COc3ccccc3F)C2)c2cnn(C(C)C)c2n1. The summed E-state index contributed by atoms with van der Waals surface area (Å²) in [6.45, 7) is 7.67. The quantitative estimate of drug-likeness (QED) is 0.626. The minimum atomic E-state index is -0.363. The number of likely N-dealkylation sites (tertiary alicyclic amines) is 1. The number of halogens is 1. The largest absolute Gasteiger partial charge is 0.490 e. The molecule has 2 aromatic heterocycles. The lowest BCUT2D eigenvalue weighted by Crippen LogP contribution is -2.41. The van der Waals surface area contributed by atoms with Gasteiger partial charge in [0.1, 0.15) is 0 Å².